The van der Waals surface area contributed by atoms with E-state index >= 15 is 0 Å². The highest BCUT2D eigenvalue weighted by atomic mass is 16.5. The van der Waals surface area contributed by atoms with Crippen LogP contribution in [0.2, 0.25) is 0 Å². The van der Waals surface area contributed by atoms with Gasteiger partial charge in [-0.2, -0.15) is 0 Å². The third-order valence-electron chi connectivity index (χ3n) is 5.20. The molecule has 0 saturated heterocycles. The van der Waals surface area contributed by atoms with Crippen LogP contribution in [0.3, 0.4) is 0 Å². The van der Waals surface area contributed by atoms with E-state index in [-0.39, 0.29) is 12.0 Å². The van der Waals surface area contributed by atoms with Crippen molar-refractivity contribution in [2.75, 3.05) is 19.1 Å². The van der Waals surface area contributed by atoms with Crippen LogP contribution < -0.4 is 9.64 Å². The molecular formula is C25H23NO3. The standard InChI is InChI=1S/C25H23NO3/c1-28-20-12-8-11-19(15-20)24-16-22(25(27)29-2)21-13-6-7-14-23(21)26(24)17-18-9-4-3-5-10-18/h3-16,24H,17H2,1-2H3. The van der Waals surface area contributed by atoms with Crippen LogP contribution in [-0.4, -0.2) is 20.2 Å². The lowest BCUT2D eigenvalue weighted by atomic mass is 9.91. The van der Waals surface area contributed by atoms with E-state index in [1.165, 1.54) is 12.7 Å². The molecule has 4 rings (SSSR count). The van der Waals surface area contributed by atoms with E-state index in [1.54, 1.807) is 7.11 Å². The molecule has 146 valence electrons. The van der Waals surface area contributed by atoms with E-state index < -0.39 is 0 Å². The molecule has 3 aromatic rings. The van der Waals surface area contributed by atoms with Gasteiger partial charge in [0.2, 0.25) is 0 Å². The van der Waals surface area contributed by atoms with E-state index in [2.05, 4.69) is 29.2 Å². The van der Waals surface area contributed by atoms with Crippen molar-refractivity contribution in [1.82, 2.24) is 0 Å². The van der Waals surface area contributed by atoms with Gasteiger partial charge < -0.3 is 14.4 Å². The Morgan fingerprint density at radius 2 is 1.69 bits per heavy atom. The molecular weight excluding hydrogens is 362 g/mol. The molecule has 0 bridgehead atoms. The molecule has 4 nitrogen and oxygen atoms in total. The third kappa shape index (κ3) is 3.74. The fourth-order valence-electron chi connectivity index (χ4n) is 3.79. The number of para-hydroxylation sites is 1. The van der Waals surface area contributed by atoms with Crippen LogP contribution in [0.4, 0.5) is 5.69 Å². The number of hydrogen-bond donors (Lipinski definition) is 0. The Morgan fingerprint density at radius 1 is 0.931 bits per heavy atom. The van der Waals surface area contributed by atoms with Gasteiger partial charge in [0.1, 0.15) is 5.75 Å². The van der Waals surface area contributed by atoms with Crippen molar-refractivity contribution >= 4 is 17.2 Å². The summed E-state index contributed by atoms with van der Waals surface area (Å²) >= 11 is 0. The first-order valence-electron chi connectivity index (χ1n) is 9.55. The van der Waals surface area contributed by atoms with Gasteiger partial charge in [0.05, 0.1) is 25.8 Å². The summed E-state index contributed by atoms with van der Waals surface area (Å²) in [6, 6.07) is 26.1. The van der Waals surface area contributed by atoms with Crippen molar-refractivity contribution in [3.63, 3.8) is 0 Å². The van der Waals surface area contributed by atoms with Crippen LogP contribution >= 0.6 is 0 Å². The molecule has 0 radical (unpaired) electrons. The second kappa shape index (κ2) is 8.23. The van der Waals surface area contributed by atoms with Crippen LogP contribution in [0, 0.1) is 0 Å². The highest BCUT2D eigenvalue weighted by molar-refractivity contribution is 6.19. The van der Waals surface area contributed by atoms with Crippen molar-refractivity contribution in [2.45, 2.75) is 12.6 Å². The van der Waals surface area contributed by atoms with Crippen LogP contribution in [0.5, 0.6) is 5.75 Å². The van der Waals surface area contributed by atoms with Crippen molar-refractivity contribution in [2.24, 2.45) is 0 Å². The van der Waals surface area contributed by atoms with Crippen LogP contribution in [0.15, 0.2) is 84.9 Å². The van der Waals surface area contributed by atoms with Gasteiger partial charge in [-0.15, -0.1) is 0 Å². The normalized spacial score (nSPS) is 15.3. The highest BCUT2D eigenvalue weighted by Gasteiger charge is 2.31. The van der Waals surface area contributed by atoms with Crippen molar-refractivity contribution in [3.05, 3.63) is 102 Å². The topological polar surface area (TPSA) is 38.8 Å². The Hall–Kier alpha value is -3.53. The second-order valence-corrected chi connectivity index (χ2v) is 6.92. The zero-order chi connectivity index (χ0) is 20.2. The van der Waals surface area contributed by atoms with Crippen molar-refractivity contribution < 1.29 is 14.3 Å². The van der Waals surface area contributed by atoms with Crippen molar-refractivity contribution in [3.8, 4) is 5.75 Å². The van der Waals surface area contributed by atoms with Gasteiger partial charge in [-0.25, -0.2) is 4.79 Å². The average molecular weight is 385 g/mol. The number of carbonyl (C=O) groups is 1. The largest absolute Gasteiger partial charge is 0.497 e. The Kier molecular flexibility index (Phi) is 5.34. The number of benzene rings is 3. The zero-order valence-corrected chi connectivity index (χ0v) is 16.5. The average Bonchev–Trinajstić information content (AvgIpc) is 2.79. The molecule has 0 aromatic heterocycles. The maximum Gasteiger partial charge on any atom is 0.338 e. The lowest BCUT2D eigenvalue weighted by Gasteiger charge is -2.38. The summed E-state index contributed by atoms with van der Waals surface area (Å²) in [6.45, 7) is 0.713. The van der Waals surface area contributed by atoms with E-state index in [0.29, 0.717) is 12.1 Å². The number of hydrogen-bond acceptors (Lipinski definition) is 4. The lowest BCUT2D eigenvalue weighted by molar-refractivity contribution is -0.133. The number of esters is 1. The Bertz CT molecular complexity index is 1040. The van der Waals surface area contributed by atoms with Gasteiger partial charge in [-0.1, -0.05) is 60.7 Å². The molecule has 1 unspecified atom stereocenters. The van der Waals surface area contributed by atoms with E-state index in [4.69, 9.17) is 9.47 Å². The summed E-state index contributed by atoms with van der Waals surface area (Å²) < 4.78 is 10.5. The number of rotatable bonds is 5. The van der Waals surface area contributed by atoms with Crippen LogP contribution in [0.1, 0.15) is 22.7 Å². The molecule has 29 heavy (non-hydrogen) atoms. The molecule has 0 spiro atoms. The number of nitrogens with zero attached hydrogens (tertiary/aromatic N) is 1. The molecule has 3 aromatic carbocycles. The van der Waals surface area contributed by atoms with Crippen LogP contribution in [-0.2, 0) is 16.1 Å². The minimum absolute atomic E-state index is 0.130. The molecule has 1 aliphatic rings. The molecule has 0 saturated carbocycles. The van der Waals surface area contributed by atoms with Gasteiger partial charge in [0, 0.05) is 17.8 Å². The maximum absolute atomic E-state index is 12.6. The molecule has 4 heteroatoms. The van der Waals surface area contributed by atoms with E-state index in [9.17, 15) is 4.79 Å². The number of methoxy groups -OCH3 is 2. The highest BCUT2D eigenvalue weighted by Crippen LogP contribution is 2.42. The monoisotopic (exact) mass is 385 g/mol. The molecule has 0 amide bonds. The Labute approximate surface area is 171 Å². The maximum atomic E-state index is 12.6. The van der Waals surface area contributed by atoms with Gasteiger partial charge in [-0.3, -0.25) is 0 Å². The molecule has 0 fully saturated rings. The summed E-state index contributed by atoms with van der Waals surface area (Å²) in [4.78, 5) is 14.9. The first kappa shape index (κ1) is 18.8. The van der Waals surface area contributed by atoms with Gasteiger partial charge in [0.15, 0.2) is 0 Å². The van der Waals surface area contributed by atoms with Crippen LogP contribution in [0.25, 0.3) is 5.57 Å². The number of anilines is 1. The predicted octanol–water partition coefficient (Wildman–Crippen LogP) is 5.01. The zero-order valence-electron chi connectivity index (χ0n) is 16.5. The molecule has 1 heterocycles. The molecule has 0 aliphatic carbocycles. The number of fused-ring (bicyclic) bond motifs is 1. The second-order valence-electron chi connectivity index (χ2n) is 6.92. The Morgan fingerprint density at radius 3 is 2.45 bits per heavy atom. The molecule has 0 N–H and O–H groups in total. The first-order chi connectivity index (χ1) is 14.2. The number of ether oxygens (including phenoxy) is 2. The fraction of sp³-hybridized carbons (Fsp3) is 0.160. The fourth-order valence-corrected chi connectivity index (χ4v) is 3.79. The predicted molar refractivity (Wildman–Crippen MR) is 115 cm³/mol. The lowest BCUT2D eigenvalue weighted by Crippen LogP contribution is -2.31. The first-order valence-corrected chi connectivity index (χ1v) is 9.55. The SMILES string of the molecule is COC(=O)C1=CC(c2cccc(OC)c2)N(Cc2ccccc2)c2ccccc21. The van der Waals surface area contributed by atoms with Crippen molar-refractivity contribution in [1.29, 1.82) is 0 Å². The number of carbonyl (C=O) groups excluding carboxylic acids is 1. The van der Waals surface area contributed by atoms with E-state index in [1.807, 2.05) is 60.7 Å². The summed E-state index contributed by atoms with van der Waals surface area (Å²) in [5.41, 5.74) is 4.73. The summed E-state index contributed by atoms with van der Waals surface area (Å²) in [5, 5.41) is 0. The quantitative estimate of drug-likeness (QED) is 0.579. The third-order valence-corrected chi connectivity index (χ3v) is 5.20. The Balaban J connectivity index is 1.87. The summed E-state index contributed by atoms with van der Waals surface area (Å²) in [6.07, 6.45) is 1.99. The van der Waals surface area contributed by atoms with E-state index in [0.717, 1.165) is 22.6 Å². The molecule has 1 aliphatic heterocycles. The van der Waals surface area contributed by atoms with Gasteiger partial charge in [0.25, 0.3) is 0 Å². The summed E-state index contributed by atoms with van der Waals surface area (Å²) in [5.74, 6) is 0.457. The smallest absolute Gasteiger partial charge is 0.338 e. The summed E-state index contributed by atoms with van der Waals surface area (Å²) in [7, 11) is 3.08. The van der Waals surface area contributed by atoms with Gasteiger partial charge in [-0.05, 0) is 35.4 Å². The minimum Gasteiger partial charge on any atom is -0.497 e. The van der Waals surface area contributed by atoms with Gasteiger partial charge >= 0.3 is 5.97 Å². The molecule has 1 atom stereocenters. The minimum atomic E-state index is -0.329.